The van der Waals surface area contributed by atoms with Crippen molar-refractivity contribution in [2.45, 2.75) is 153 Å². The number of carbonyl (C=O) groups is 1. The molecule has 0 saturated carbocycles. The van der Waals surface area contributed by atoms with Crippen LogP contribution in [0.3, 0.4) is 0 Å². The average molecular weight is 507 g/mol. The summed E-state index contributed by atoms with van der Waals surface area (Å²) in [6.07, 6.45) is 8.69. The first kappa shape index (κ1) is 32.2. The summed E-state index contributed by atoms with van der Waals surface area (Å²) in [6.45, 7) is 1.09. The molecule has 0 radical (unpaired) electrons. The van der Waals surface area contributed by atoms with Gasteiger partial charge in [-0.25, -0.2) is 0 Å². The van der Waals surface area contributed by atoms with Crippen molar-refractivity contribution in [1.82, 2.24) is 0 Å². The normalized spacial score (nSPS) is 26.5. The van der Waals surface area contributed by atoms with E-state index in [0.717, 1.165) is 38.5 Å². The van der Waals surface area contributed by atoms with Crippen molar-refractivity contribution in [2.24, 2.45) is 0 Å². The third-order valence-corrected chi connectivity index (χ3v) is 6.82. The monoisotopic (exact) mass is 506 g/mol. The second-order valence-electron chi connectivity index (χ2n) is 9.99. The van der Waals surface area contributed by atoms with E-state index in [9.17, 15) is 30.3 Å². The Morgan fingerprint density at radius 3 is 1.66 bits per heavy atom. The van der Waals surface area contributed by atoms with Gasteiger partial charge in [0.05, 0.1) is 18.8 Å². The van der Waals surface area contributed by atoms with Crippen LogP contribution in [-0.4, -0.2) is 86.1 Å². The molecular formula is C26H50O9. The molecule has 1 fully saturated rings. The Bertz CT molecular complexity index is 529. The van der Waals surface area contributed by atoms with Gasteiger partial charge in [0.2, 0.25) is 0 Å². The van der Waals surface area contributed by atoms with Crippen molar-refractivity contribution in [2.75, 3.05) is 6.61 Å². The zero-order chi connectivity index (χ0) is 26.1. The van der Waals surface area contributed by atoms with Crippen LogP contribution in [0, 0.1) is 0 Å². The lowest BCUT2D eigenvalue weighted by Gasteiger charge is -2.41. The highest BCUT2D eigenvalue weighted by Gasteiger charge is 2.45. The minimum absolute atomic E-state index is 0.289. The van der Waals surface area contributed by atoms with Gasteiger partial charge in [-0.3, -0.25) is 4.79 Å². The molecule has 9 nitrogen and oxygen atoms in total. The third kappa shape index (κ3) is 13.9. The largest absolute Gasteiger partial charge is 0.481 e. The van der Waals surface area contributed by atoms with Crippen LogP contribution >= 0.6 is 0 Å². The van der Waals surface area contributed by atoms with Gasteiger partial charge in [-0.15, -0.1) is 0 Å². The maximum atomic E-state index is 10.5. The number of aliphatic hydroxyl groups excluding tert-OH is 5. The molecule has 1 aliphatic rings. The molecule has 35 heavy (non-hydrogen) atoms. The van der Waals surface area contributed by atoms with Crippen LogP contribution in [0.25, 0.3) is 0 Å². The maximum Gasteiger partial charge on any atom is 0.303 e. The van der Waals surface area contributed by atoms with Gasteiger partial charge in [-0.1, -0.05) is 83.5 Å². The highest BCUT2D eigenvalue weighted by molar-refractivity contribution is 5.66. The van der Waals surface area contributed by atoms with Gasteiger partial charge in [0, 0.05) is 6.42 Å². The highest BCUT2D eigenvalue weighted by Crippen LogP contribution is 2.25. The van der Waals surface area contributed by atoms with Crippen LogP contribution in [0.15, 0.2) is 0 Å². The second kappa shape index (κ2) is 19.3. The van der Waals surface area contributed by atoms with Crippen LogP contribution in [0.4, 0.5) is 0 Å². The molecule has 1 rings (SSSR count). The molecule has 7 atom stereocenters. The van der Waals surface area contributed by atoms with Gasteiger partial charge in [-0.2, -0.15) is 0 Å². The van der Waals surface area contributed by atoms with E-state index in [-0.39, 0.29) is 6.42 Å². The summed E-state index contributed by atoms with van der Waals surface area (Å²) in [5, 5.41) is 57.9. The smallest absolute Gasteiger partial charge is 0.303 e. The van der Waals surface area contributed by atoms with E-state index in [2.05, 4.69) is 0 Å². The molecule has 0 unspecified atom stereocenters. The zero-order valence-electron chi connectivity index (χ0n) is 21.5. The van der Waals surface area contributed by atoms with Crippen molar-refractivity contribution >= 4 is 5.97 Å². The molecule has 208 valence electrons. The second-order valence-corrected chi connectivity index (χ2v) is 9.99. The Morgan fingerprint density at radius 1 is 0.771 bits per heavy atom. The first-order valence-corrected chi connectivity index (χ1v) is 13.6. The summed E-state index contributed by atoms with van der Waals surface area (Å²) < 4.78 is 11.1. The average Bonchev–Trinajstić information content (AvgIpc) is 2.82. The number of ether oxygens (including phenoxy) is 2. The van der Waals surface area contributed by atoms with E-state index in [4.69, 9.17) is 14.6 Å². The third-order valence-electron chi connectivity index (χ3n) is 6.82. The molecule has 0 aromatic heterocycles. The van der Waals surface area contributed by atoms with E-state index in [0.29, 0.717) is 6.42 Å². The predicted molar refractivity (Wildman–Crippen MR) is 132 cm³/mol. The Morgan fingerprint density at radius 2 is 1.23 bits per heavy atom. The Balaban J connectivity index is 2.04. The molecule has 1 heterocycles. The number of carboxylic acid groups (broad SMARTS) is 1. The number of unbranched alkanes of at least 4 members (excludes halogenated alkanes) is 13. The van der Waals surface area contributed by atoms with Gasteiger partial charge in [0.15, 0.2) is 6.29 Å². The fourth-order valence-electron chi connectivity index (χ4n) is 4.52. The van der Waals surface area contributed by atoms with E-state index >= 15 is 0 Å². The molecule has 6 N–H and O–H groups in total. The quantitative estimate of drug-likeness (QED) is 0.129. The number of carboxylic acids is 1. The first-order valence-electron chi connectivity index (χ1n) is 13.6. The number of hydrogen-bond donors (Lipinski definition) is 6. The van der Waals surface area contributed by atoms with Crippen molar-refractivity contribution in [1.29, 1.82) is 0 Å². The van der Waals surface area contributed by atoms with E-state index in [1.807, 2.05) is 0 Å². The molecule has 0 amide bonds. The van der Waals surface area contributed by atoms with Crippen molar-refractivity contribution in [3.05, 3.63) is 0 Å². The van der Waals surface area contributed by atoms with Crippen LogP contribution < -0.4 is 0 Å². The highest BCUT2D eigenvalue weighted by atomic mass is 16.7. The summed E-state index contributed by atoms with van der Waals surface area (Å²) in [7, 11) is 0. The van der Waals surface area contributed by atoms with Gasteiger partial charge in [0.25, 0.3) is 0 Å². The van der Waals surface area contributed by atoms with Crippen LogP contribution in [-0.2, 0) is 14.3 Å². The van der Waals surface area contributed by atoms with Crippen molar-refractivity contribution in [3.63, 3.8) is 0 Å². The topological polar surface area (TPSA) is 157 Å². The van der Waals surface area contributed by atoms with Gasteiger partial charge < -0.3 is 40.1 Å². The summed E-state index contributed by atoms with van der Waals surface area (Å²) in [6, 6.07) is 0. The minimum atomic E-state index is -1.49. The van der Waals surface area contributed by atoms with E-state index < -0.39 is 55.5 Å². The summed E-state index contributed by atoms with van der Waals surface area (Å²) in [5.41, 5.74) is 0. The Labute approximate surface area is 210 Å². The Hall–Kier alpha value is -0.810. The van der Waals surface area contributed by atoms with Gasteiger partial charge in [-0.05, 0) is 19.8 Å². The molecular weight excluding hydrogens is 456 g/mol. The molecule has 9 heteroatoms. The number of hydrogen-bond acceptors (Lipinski definition) is 8. The molecule has 0 bridgehead atoms. The van der Waals surface area contributed by atoms with E-state index in [1.165, 1.54) is 51.4 Å². The fraction of sp³-hybridized carbons (Fsp3) is 0.962. The fourth-order valence-corrected chi connectivity index (χ4v) is 4.52. The molecule has 0 spiro atoms. The van der Waals surface area contributed by atoms with Crippen LogP contribution in [0.2, 0.25) is 0 Å². The number of aliphatic hydroxyl groups is 5. The van der Waals surface area contributed by atoms with Crippen molar-refractivity contribution < 1.29 is 44.9 Å². The molecule has 0 aromatic carbocycles. The minimum Gasteiger partial charge on any atom is -0.481 e. The van der Waals surface area contributed by atoms with Gasteiger partial charge >= 0.3 is 5.97 Å². The predicted octanol–water partition coefficient (Wildman–Crippen LogP) is 2.88. The van der Waals surface area contributed by atoms with E-state index in [1.54, 1.807) is 6.92 Å². The van der Waals surface area contributed by atoms with Crippen LogP contribution in [0.5, 0.6) is 0 Å². The molecule has 1 saturated heterocycles. The molecule has 1 aliphatic heterocycles. The number of rotatable bonds is 21. The SMILES string of the molecule is C[C@H](O)[C@H](CCCCCCCCCCCCCCCCC(=O)O)O[C@H]1O[C@@H](CO)[C@@H](O)[C@@H](O)[C@H]1O. The summed E-state index contributed by atoms with van der Waals surface area (Å²) in [5.74, 6) is -0.699. The summed E-state index contributed by atoms with van der Waals surface area (Å²) >= 11 is 0. The first-order chi connectivity index (χ1) is 16.8. The molecule has 0 aromatic rings. The lowest BCUT2D eigenvalue weighted by Crippen LogP contribution is -2.60. The summed E-state index contributed by atoms with van der Waals surface area (Å²) in [4.78, 5) is 10.5. The zero-order valence-corrected chi connectivity index (χ0v) is 21.5. The van der Waals surface area contributed by atoms with Crippen molar-refractivity contribution in [3.8, 4) is 0 Å². The molecule has 0 aliphatic carbocycles. The Kier molecular flexibility index (Phi) is 17.8. The lowest BCUT2D eigenvalue weighted by atomic mass is 9.99. The standard InChI is InChI=1S/C26H50O9/c1-19(28)20(34-26-25(33)24(32)23(31)21(18-27)35-26)16-14-12-10-8-6-4-2-3-5-7-9-11-13-15-17-22(29)30/h19-21,23-28,31-33H,2-18H2,1H3,(H,29,30)/t19-,20-,21-,23+,24+,25+,26-/m0/s1. The van der Waals surface area contributed by atoms with Crippen LogP contribution in [0.1, 0.15) is 110 Å². The lowest BCUT2D eigenvalue weighted by molar-refractivity contribution is -0.317. The maximum absolute atomic E-state index is 10.5. The number of aliphatic carboxylic acids is 1. The van der Waals surface area contributed by atoms with Gasteiger partial charge in [0.1, 0.15) is 24.4 Å².